The van der Waals surface area contributed by atoms with Crippen molar-refractivity contribution in [3.63, 3.8) is 0 Å². The Bertz CT molecular complexity index is 1410. The lowest BCUT2D eigenvalue weighted by atomic mass is 9.97. The molecule has 1 heterocycles. The lowest BCUT2D eigenvalue weighted by Crippen LogP contribution is -2.21. The number of rotatable bonds is 6. The molecular weight excluding hydrogens is 434 g/mol. The monoisotopic (exact) mass is 455 g/mol. The first-order valence-corrected chi connectivity index (χ1v) is 10.5. The molecule has 3 aromatic carbocycles. The van der Waals surface area contributed by atoms with Crippen LogP contribution in [0.4, 0.5) is 11.4 Å². The van der Waals surface area contributed by atoms with Crippen LogP contribution >= 0.6 is 0 Å². The Hall–Kier alpha value is -4.59. The summed E-state index contributed by atoms with van der Waals surface area (Å²) in [5.41, 5.74) is 4.34. The highest BCUT2D eigenvalue weighted by Gasteiger charge is 2.21. The molecule has 1 N–H and O–H groups in total. The van der Waals surface area contributed by atoms with Crippen molar-refractivity contribution in [1.29, 1.82) is 0 Å². The molecule has 0 saturated heterocycles. The molecule has 0 saturated carbocycles. The van der Waals surface area contributed by atoms with Gasteiger partial charge in [0.25, 0.3) is 11.6 Å². The molecule has 34 heavy (non-hydrogen) atoms. The number of para-hydroxylation sites is 1. The van der Waals surface area contributed by atoms with Crippen LogP contribution in [0.15, 0.2) is 72.8 Å². The number of esters is 1. The zero-order valence-corrected chi connectivity index (χ0v) is 18.6. The maximum Gasteiger partial charge on any atom is 0.339 e. The highest BCUT2D eigenvalue weighted by molar-refractivity contribution is 6.07. The Kier molecular flexibility index (Phi) is 6.31. The number of hydrogen-bond donors (Lipinski definition) is 1. The number of carbonyl (C=O) groups is 2. The summed E-state index contributed by atoms with van der Waals surface area (Å²) < 4.78 is 5.33. The number of amides is 1. The van der Waals surface area contributed by atoms with Crippen LogP contribution < -0.4 is 5.32 Å². The number of nitro benzene ring substituents is 1. The highest BCUT2D eigenvalue weighted by atomic mass is 16.6. The number of hydrogen-bond acceptors (Lipinski definition) is 6. The van der Waals surface area contributed by atoms with Gasteiger partial charge < -0.3 is 10.1 Å². The van der Waals surface area contributed by atoms with E-state index < -0.39 is 23.4 Å². The van der Waals surface area contributed by atoms with E-state index in [9.17, 15) is 19.7 Å². The number of ether oxygens (including phenoxy) is 1. The van der Waals surface area contributed by atoms with Gasteiger partial charge in [0.15, 0.2) is 6.61 Å². The van der Waals surface area contributed by atoms with E-state index in [1.54, 1.807) is 19.1 Å². The van der Waals surface area contributed by atoms with E-state index in [0.717, 1.165) is 11.1 Å². The zero-order valence-electron chi connectivity index (χ0n) is 18.6. The maximum absolute atomic E-state index is 13.1. The number of fused-ring (bicyclic) bond motifs is 1. The first kappa shape index (κ1) is 22.6. The molecule has 0 unspecified atom stereocenters. The molecule has 1 aromatic heterocycles. The molecule has 170 valence electrons. The number of anilines is 1. The van der Waals surface area contributed by atoms with Gasteiger partial charge in [-0.2, -0.15) is 0 Å². The number of nitro groups is 1. The molecule has 8 nitrogen and oxygen atoms in total. The summed E-state index contributed by atoms with van der Waals surface area (Å²) in [5, 5.41) is 14.0. The summed E-state index contributed by atoms with van der Waals surface area (Å²) in [6.45, 7) is 3.25. The van der Waals surface area contributed by atoms with Crippen LogP contribution in [0, 0.1) is 24.0 Å². The number of nitrogens with zero attached hydrogens (tertiary/aromatic N) is 2. The smallest absolute Gasteiger partial charge is 0.339 e. The number of carbonyl (C=O) groups excluding carboxylic acids is 2. The fraction of sp³-hybridized carbons (Fsp3) is 0.115. The fourth-order valence-electron chi connectivity index (χ4n) is 3.66. The molecule has 0 atom stereocenters. The van der Waals surface area contributed by atoms with Gasteiger partial charge in [0, 0.05) is 28.8 Å². The summed E-state index contributed by atoms with van der Waals surface area (Å²) in [4.78, 5) is 40.5. The maximum atomic E-state index is 13.1. The number of non-ortho nitro benzene ring substituents is 1. The van der Waals surface area contributed by atoms with E-state index in [1.165, 1.54) is 24.3 Å². The minimum Gasteiger partial charge on any atom is -0.452 e. The zero-order chi connectivity index (χ0) is 24.2. The van der Waals surface area contributed by atoms with Crippen molar-refractivity contribution in [2.75, 3.05) is 11.9 Å². The van der Waals surface area contributed by atoms with Crippen molar-refractivity contribution >= 4 is 34.2 Å². The molecule has 0 aliphatic rings. The van der Waals surface area contributed by atoms with Gasteiger partial charge in [-0.15, -0.1) is 0 Å². The van der Waals surface area contributed by atoms with Crippen LogP contribution in [-0.2, 0) is 9.53 Å². The van der Waals surface area contributed by atoms with Crippen LogP contribution in [0.1, 0.15) is 21.5 Å². The van der Waals surface area contributed by atoms with Crippen LogP contribution in [-0.4, -0.2) is 28.4 Å². The van der Waals surface area contributed by atoms with Crippen molar-refractivity contribution < 1.29 is 19.2 Å². The van der Waals surface area contributed by atoms with Crippen molar-refractivity contribution in [2.24, 2.45) is 0 Å². The van der Waals surface area contributed by atoms with Crippen molar-refractivity contribution in [3.8, 4) is 11.3 Å². The van der Waals surface area contributed by atoms with E-state index in [2.05, 4.69) is 5.32 Å². The van der Waals surface area contributed by atoms with Crippen molar-refractivity contribution in [1.82, 2.24) is 4.98 Å². The lowest BCUT2D eigenvalue weighted by Gasteiger charge is -2.14. The number of pyridine rings is 1. The minimum absolute atomic E-state index is 0.155. The second-order valence-corrected chi connectivity index (χ2v) is 7.78. The first-order chi connectivity index (χ1) is 16.3. The van der Waals surface area contributed by atoms with Gasteiger partial charge >= 0.3 is 5.97 Å². The molecule has 8 heteroatoms. The lowest BCUT2D eigenvalue weighted by molar-refractivity contribution is -0.384. The average Bonchev–Trinajstić information content (AvgIpc) is 2.83. The van der Waals surface area contributed by atoms with Crippen LogP contribution in [0.5, 0.6) is 0 Å². The third kappa shape index (κ3) is 4.75. The summed E-state index contributed by atoms with van der Waals surface area (Å²) >= 11 is 0. The molecular formula is C26H21N3O5. The van der Waals surface area contributed by atoms with E-state index >= 15 is 0 Å². The molecule has 4 rings (SSSR count). The van der Waals surface area contributed by atoms with Gasteiger partial charge in [-0.05, 0) is 31.5 Å². The SMILES string of the molecule is Cc1ccc(-c2nc3ccccc3c(C(=O)OCC(=O)Nc3cccc([N+](=O)[O-])c3)c2C)cc1. The standard InChI is InChI=1S/C26H21N3O5/c1-16-10-12-18(13-11-16)25-17(2)24(21-8-3-4-9-22(21)28-25)26(31)34-15-23(30)27-19-6-5-7-20(14-19)29(32)33/h3-14H,15H2,1-2H3,(H,27,30). The Labute approximate surface area is 195 Å². The molecule has 0 bridgehead atoms. The average molecular weight is 455 g/mol. The molecule has 1 amide bonds. The molecule has 0 radical (unpaired) electrons. The molecule has 0 fully saturated rings. The highest BCUT2D eigenvalue weighted by Crippen LogP contribution is 2.30. The summed E-state index contributed by atoms with van der Waals surface area (Å²) in [7, 11) is 0. The van der Waals surface area contributed by atoms with Gasteiger partial charge in [0.1, 0.15) is 0 Å². The second-order valence-electron chi connectivity index (χ2n) is 7.78. The molecule has 0 aliphatic heterocycles. The van der Waals surface area contributed by atoms with Crippen LogP contribution in [0.3, 0.4) is 0 Å². The fourth-order valence-corrected chi connectivity index (χ4v) is 3.66. The largest absolute Gasteiger partial charge is 0.452 e. The first-order valence-electron chi connectivity index (χ1n) is 10.5. The Morgan fingerprint density at radius 2 is 1.74 bits per heavy atom. The molecule has 0 aliphatic carbocycles. The number of aromatic nitrogens is 1. The van der Waals surface area contributed by atoms with Crippen LogP contribution in [0.2, 0.25) is 0 Å². The van der Waals surface area contributed by atoms with E-state index in [-0.39, 0.29) is 11.4 Å². The second kappa shape index (κ2) is 9.50. The van der Waals surface area contributed by atoms with Crippen molar-refractivity contribution in [2.45, 2.75) is 13.8 Å². The Balaban J connectivity index is 1.59. The predicted octanol–water partition coefficient (Wildman–Crippen LogP) is 5.22. The van der Waals surface area contributed by atoms with Gasteiger partial charge in [-0.3, -0.25) is 14.9 Å². The van der Waals surface area contributed by atoms with E-state index in [1.807, 2.05) is 43.3 Å². The minimum atomic E-state index is -0.654. The molecule has 4 aromatic rings. The Morgan fingerprint density at radius 1 is 1.00 bits per heavy atom. The third-order valence-electron chi connectivity index (χ3n) is 5.34. The van der Waals surface area contributed by atoms with Gasteiger partial charge in [0.2, 0.25) is 0 Å². The normalized spacial score (nSPS) is 10.6. The number of nitrogens with one attached hydrogen (secondary N) is 1. The number of benzene rings is 3. The number of aryl methyl sites for hydroxylation is 1. The predicted molar refractivity (Wildman–Crippen MR) is 129 cm³/mol. The quantitative estimate of drug-likeness (QED) is 0.242. The third-order valence-corrected chi connectivity index (χ3v) is 5.34. The Morgan fingerprint density at radius 3 is 2.47 bits per heavy atom. The summed E-state index contributed by atoms with van der Waals surface area (Å²) in [6, 6.07) is 20.6. The van der Waals surface area contributed by atoms with Gasteiger partial charge in [0.05, 0.1) is 21.7 Å². The van der Waals surface area contributed by atoms with Crippen LogP contribution in [0.25, 0.3) is 22.2 Å². The molecule has 0 spiro atoms. The van der Waals surface area contributed by atoms with Gasteiger partial charge in [-0.1, -0.05) is 54.1 Å². The summed E-state index contributed by atoms with van der Waals surface area (Å²) in [5.74, 6) is -1.26. The summed E-state index contributed by atoms with van der Waals surface area (Å²) in [6.07, 6.45) is 0. The van der Waals surface area contributed by atoms with Crippen molar-refractivity contribution in [3.05, 3.63) is 99.6 Å². The topological polar surface area (TPSA) is 111 Å². The van der Waals surface area contributed by atoms with E-state index in [4.69, 9.17) is 9.72 Å². The van der Waals surface area contributed by atoms with E-state index in [0.29, 0.717) is 27.7 Å². The van der Waals surface area contributed by atoms with Gasteiger partial charge in [-0.25, -0.2) is 9.78 Å².